The largest absolute Gasteiger partial charge is 2.00 e. The average Bonchev–Trinajstić information content (AvgIpc) is 2.50. The molecule has 0 aliphatic carbocycles. The predicted molar refractivity (Wildman–Crippen MR) is 86.2 cm³/mol. The Hall–Kier alpha value is -2.04. The van der Waals surface area contributed by atoms with Crippen LogP contribution in [-0.4, -0.2) is 25.5 Å². The summed E-state index contributed by atoms with van der Waals surface area (Å²) in [5, 5.41) is 22.9. The molecule has 0 aliphatic heterocycles. The summed E-state index contributed by atoms with van der Waals surface area (Å²) in [5.41, 5.74) is 1.20. The molecule has 0 spiro atoms. The second-order valence-corrected chi connectivity index (χ2v) is 4.50. The number of hydrogen-bond donors (Lipinski definition) is 0. The molecule has 2 aromatic rings. The Kier molecular flexibility index (Phi) is 10.5. The molecule has 0 aliphatic rings. The minimum absolute atomic E-state index is 0. The first kappa shape index (κ1) is 21.0. The fraction of sp³-hybridized carbons (Fsp3) is 0.176. The summed E-state index contributed by atoms with van der Waals surface area (Å²) >= 11 is 0. The fourth-order valence-electron chi connectivity index (χ4n) is 1.75. The van der Waals surface area contributed by atoms with Crippen LogP contribution >= 0.6 is 0 Å². The molecule has 3 N–H and O–H groups in total. The molecule has 2 aromatic carbocycles. The van der Waals surface area contributed by atoms with Crippen LogP contribution in [0, 0.1) is 0 Å². The molecule has 6 heteroatoms. The van der Waals surface area contributed by atoms with Crippen LogP contribution in [0.2, 0.25) is 0 Å². The summed E-state index contributed by atoms with van der Waals surface area (Å²) < 4.78 is 0. The van der Waals surface area contributed by atoms with E-state index in [1.54, 1.807) is 36.7 Å². The monoisotopic (exact) mass is 363 g/mol. The van der Waals surface area contributed by atoms with Gasteiger partial charge in [0, 0.05) is 25.5 Å². The van der Waals surface area contributed by atoms with Gasteiger partial charge in [0.1, 0.15) is 0 Å². The Labute approximate surface area is 148 Å². The molecular weight excluding hydrogens is 346 g/mol. The van der Waals surface area contributed by atoms with E-state index < -0.39 is 0 Å². The van der Waals surface area contributed by atoms with Crippen LogP contribution in [0.3, 0.4) is 0 Å². The number of benzene rings is 2. The molecule has 0 unspecified atom stereocenters. The molecule has 0 aromatic heterocycles. The van der Waals surface area contributed by atoms with Crippen molar-refractivity contribution in [3.05, 3.63) is 59.7 Å². The van der Waals surface area contributed by atoms with Gasteiger partial charge in [0.05, 0.1) is 0 Å². The molecule has 2 rings (SSSR count). The second kappa shape index (κ2) is 11.5. The van der Waals surface area contributed by atoms with Gasteiger partial charge in [0.2, 0.25) is 0 Å². The fourth-order valence-corrected chi connectivity index (χ4v) is 1.75. The predicted octanol–water partition coefficient (Wildman–Crippen LogP) is 0.837. The number of nitrogens with zero attached hydrogens (tertiary/aromatic N) is 2. The number of para-hydroxylation sites is 2. The zero-order valence-electron chi connectivity index (χ0n) is 12.9. The van der Waals surface area contributed by atoms with Gasteiger partial charge in [-0.3, -0.25) is 9.98 Å². The van der Waals surface area contributed by atoms with Gasteiger partial charge in [0.25, 0.3) is 0 Å². The Bertz CT molecular complexity index is 590. The van der Waals surface area contributed by atoms with Crippen molar-refractivity contribution in [3.63, 3.8) is 0 Å². The number of aliphatic imine (C=N–C) groups is 2. The molecule has 0 heterocycles. The Morgan fingerprint density at radius 1 is 0.739 bits per heavy atom. The van der Waals surface area contributed by atoms with Gasteiger partial charge in [-0.25, -0.2) is 0 Å². The molecule has 5 nitrogen and oxygen atoms in total. The van der Waals surface area contributed by atoms with Crippen LogP contribution in [0.15, 0.2) is 58.5 Å². The van der Waals surface area contributed by atoms with E-state index in [0.717, 1.165) is 6.42 Å². The van der Waals surface area contributed by atoms with Crippen molar-refractivity contribution < 1.29 is 35.2 Å². The van der Waals surface area contributed by atoms with Crippen LogP contribution in [0.1, 0.15) is 17.5 Å². The van der Waals surface area contributed by atoms with E-state index >= 15 is 0 Å². The molecule has 116 valence electrons. The first-order chi connectivity index (χ1) is 10.3. The van der Waals surface area contributed by atoms with Gasteiger partial charge >= 0.3 is 19.5 Å². The van der Waals surface area contributed by atoms with Gasteiger partial charge in [-0.2, -0.15) is 0 Å². The maximum atomic E-state index is 11.4. The quantitative estimate of drug-likeness (QED) is 0.328. The molecule has 0 fully saturated rings. The Morgan fingerprint density at radius 2 is 1.13 bits per heavy atom. The van der Waals surface area contributed by atoms with Gasteiger partial charge in [-0.05, 0) is 17.5 Å². The molecule has 23 heavy (non-hydrogen) atoms. The SMILES string of the molecule is [O-]c1ccccc1C=NCCCN=Cc1ccccc1[O-].[OH3+].[Zn+2]. The summed E-state index contributed by atoms with van der Waals surface area (Å²) in [5.74, 6) is -0.0438. The van der Waals surface area contributed by atoms with Crippen molar-refractivity contribution in [1.29, 1.82) is 0 Å². The molecule has 0 saturated carbocycles. The smallest absolute Gasteiger partial charge is 0.872 e. The van der Waals surface area contributed by atoms with Crippen molar-refractivity contribution >= 4 is 12.4 Å². The number of hydrogen-bond acceptors (Lipinski definition) is 4. The van der Waals surface area contributed by atoms with Crippen LogP contribution in [-0.2, 0) is 25.0 Å². The summed E-state index contributed by atoms with van der Waals surface area (Å²) in [6.07, 6.45) is 3.97. The molecule has 0 bridgehead atoms. The van der Waals surface area contributed by atoms with Gasteiger partial charge in [0.15, 0.2) is 0 Å². The summed E-state index contributed by atoms with van der Waals surface area (Å²) in [6.45, 7) is 1.20. The second-order valence-electron chi connectivity index (χ2n) is 4.50. The zero-order chi connectivity index (χ0) is 14.9. The summed E-state index contributed by atoms with van der Waals surface area (Å²) in [4.78, 5) is 8.41. The first-order valence-electron chi connectivity index (χ1n) is 6.79. The van der Waals surface area contributed by atoms with Gasteiger partial charge in [-0.1, -0.05) is 48.5 Å². The third kappa shape index (κ3) is 7.18. The zero-order valence-corrected chi connectivity index (χ0v) is 15.9. The maximum absolute atomic E-state index is 11.4. The van der Waals surface area contributed by atoms with Gasteiger partial charge < -0.3 is 15.7 Å². The molecule has 0 radical (unpaired) electrons. The van der Waals surface area contributed by atoms with E-state index in [1.807, 2.05) is 12.1 Å². The normalized spacial score (nSPS) is 10.4. The third-order valence-corrected chi connectivity index (χ3v) is 2.87. The third-order valence-electron chi connectivity index (χ3n) is 2.87. The molecule has 0 atom stereocenters. The van der Waals surface area contributed by atoms with Crippen LogP contribution in [0.25, 0.3) is 0 Å². The Morgan fingerprint density at radius 3 is 1.52 bits per heavy atom. The molecular formula is C17H19N2O3Zn+. The number of rotatable bonds is 6. The average molecular weight is 365 g/mol. The minimum atomic E-state index is -0.0219. The van der Waals surface area contributed by atoms with E-state index in [4.69, 9.17) is 0 Å². The van der Waals surface area contributed by atoms with Crippen molar-refractivity contribution in [3.8, 4) is 11.5 Å². The topological polar surface area (TPSA) is 104 Å². The Balaban J connectivity index is 0.00000242. The van der Waals surface area contributed by atoms with E-state index in [9.17, 15) is 10.2 Å². The van der Waals surface area contributed by atoms with E-state index in [0.29, 0.717) is 24.2 Å². The summed E-state index contributed by atoms with van der Waals surface area (Å²) in [7, 11) is 0. The van der Waals surface area contributed by atoms with Crippen LogP contribution < -0.4 is 10.2 Å². The van der Waals surface area contributed by atoms with E-state index in [2.05, 4.69) is 9.98 Å². The standard InChI is InChI=1S/C17H18N2O2.H2O.Zn/c20-16-8-3-1-6-14(16)12-18-10-5-11-19-13-15-7-2-4-9-17(15)21;;/h1-4,6-9,12-13,20-21H,5,10-11H2;1H2;/q;;+2/p-1. The van der Waals surface area contributed by atoms with Crippen molar-refractivity contribution in [2.24, 2.45) is 9.98 Å². The molecule has 0 amide bonds. The van der Waals surface area contributed by atoms with Crippen molar-refractivity contribution in [2.75, 3.05) is 13.1 Å². The van der Waals surface area contributed by atoms with Crippen LogP contribution in [0.5, 0.6) is 11.5 Å². The van der Waals surface area contributed by atoms with E-state index in [1.165, 1.54) is 12.1 Å². The minimum Gasteiger partial charge on any atom is -0.872 e. The molecule has 0 saturated heterocycles. The van der Waals surface area contributed by atoms with Crippen molar-refractivity contribution in [2.45, 2.75) is 6.42 Å². The maximum Gasteiger partial charge on any atom is 2.00 e. The summed E-state index contributed by atoms with van der Waals surface area (Å²) in [6, 6.07) is 13.6. The first-order valence-corrected chi connectivity index (χ1v) is 6.79. The van der Waals surface area contributed by atoms with Crippen LogP contribution in [0.4, 0.5) is 0 Å². The van der Waals surface area contributed by atoms with Gasteiger partial charge in [-0.15, -0.1) is 11.5 Å². The van der Waals surface area contributed by atoms with E-state index in [-0.39, 0.29) is 36.5 Å². The van der Waals surface area contributed by atoms with Crippen molar-refractivity contribution in [1.82, 2.24) is 0 Å².